The van der Waals surface area contributed by atoms with Crippen LogP contribution in [0.1, 0.15) is 0 Å². The first kappa shape index (κ1) is 19.4. The van der Waals surface area contributed by atoms with Crippen molar-refractivity contribution in [3.63, 3.8) is 0 Å². The van der Waals surface area contributed by atoms with Crippen molar-refractivity contribution in [2.24, 2.45) is 5.73 Å². The van der Waals surface area contributed by atoms with Crippen molar-refractivity contribution in [2.75, 3.05) is 54.0 Å². The van der Waals surface area contributed by atoms with E-state index in [9.17, 15) is 19.3 Å². The van der Waals surface area contributed by atoms with Gasteiger partial charge >= 0.3 is 11.1 Å². The molecule has 2 aliphatic heterocycles. The summed E-state index contributed by atoms with van der Waals surface area (Å²) in [7, 11) is 0. The van der Waals surface area contributed by atoms with Gasteiger partial charge in [-0.1, -0.05) is 0 Å². The third kappa shape index (κ3) is 3.83. The number of rotatable bonds is 5. The zero-order valence-electron chi connectivity index (χ0n) is 15.5. The number of cyclic esters (lactones) is 1. The van der Waals surface area contributed by atoms with Gasteiger partial charge in [-0.3, -0.25) is 15.0 Å². The normalized spacial score (nSPS) is 19.6. The second kappa shape index (κ2) is 7.84. The number of nitro groups is 1. The molecule has 11 heteroatoms. The van der Waals surface area contributed by atoms with Crippen LogP contribution in [0.4, 0.5) is 30.6 Å². The third-order valence-corrected chi connectivity index (χ3v) is 6.17. The summed E-state index contributed by atoms with van der Waals surface area (Å²) >= 11 is 1.14. The van der Waals surface area contributed by atoms with E-state index in [-0.39, 0.29) is 17.6 Å². The van der Waals surface area contributed by atoms with E-state index in [1.807, 2.05) is 4.90 Å². The average molecular weight is 421 g/mol. The highest BCUT2D eigenvalue weighted by Gasteiger charge is 2.32. The van der Waals surface area contributed by atoms with Crippen LogP contribution in [0.15, 0.2) is 30.3 Å². The molecule has 2 aliphatic rings. The molecular weight excluding hydrogens is 401 g/mol. The van der Waals surface area contributed by atoms with Crippen molar-refractivity contribution in [1.82, 2.24) is 0 Å². The molecular formula is C18H20FN5O4S. The standard InChI is InChI=1S/C18H20FN5O4S/c19-14-9-12(23-11-13(10-20)28-18(23)25)1-2-15(14)21-5-7-22(8-6-21)16-3-4-17(29-16)24(26)27/h1-4,9,13H,5-8,10-11,20H2/t13-/m0/s1. The van der Waals surface area contributed by atoms with Gasteiger partial charge in [-0.05, 0) is 35.6 Å². The number of anilines is 3. The Hall–Kier alpha value is -2.92. The van der Waals surface area contributed by atoms with Crippen molar-refractivity contribution in [2.45, 2.75) is 6.10 Å². The van der Waals surface area contributed by atoms with E-state index in [0.29, 0.717) is 44.1 Å². The second-order valence-electron chi connectivity index (χ2n) is 6.83. The molecule has 1 aromatic heterocycles. The van der Waals surface area contributed by atoms with Crippen LogP contribution in [0.3, 0.4) is 0 Å². The first-order chi connectivity index (χ1) is 14.0. The van der Waals surface area contributed by atoms with E-state index in [0.717, 1.165) is 16.3 Å². The van der Waals surface area contributed by atoms with Crippen molar-refractivity contribution in [3.8, 4) is 0 Å². The Morgan fingerprint density at radius 2 is 1.93 bits per heavy atom. The Morgan fingerprint density at radius 3 is 2.52 bits per heavy atom. The van der Waals surface area contributed by atoms with Gasteiger partial charge in [-0.2, -0.15) is 0 Å². The summed E-state index contributed by atoms with van der Waals surface area (Å²) < 4.78 is 19.9. The van der Waals surface area contributed by atoms with E-state index in [1.54, 1.807) is 18.2 Å². The summed E-state index contributed by atoms with van der Waals surface area (Å²) in [5.41, 5.74) is 6.44. The van der Waals surface area contributed by atoms with E-state index in [2.05, 4.69) is 4.90 Å². The van der Waals surface area contributed by atoms with Crippen molar-refractivity contribution >= 4 is 38.8 Å². The molecule has 0 spiro atoms. The molecule has 0 unspecified atom stereocenters. The lowest BCUT2D eigenvalue weighted by Crippen LogP contribution is -2.46. The van der Waals surface area contributed by atoms with Gasteiger partial charge in [0.25, 0.3) is 0 Å². The lowest BCUT2D eigenvalue weighted by molar-refractivity contribution is -0.380. The molecule has 29 heavy (non-hydrogen) atoms. The number of nitrogens with zero attached hydrogens (tertiary/aromatic N) is 4. The number of ether oxygens (including phenoxy) is 1. The molecule has 1 aromatic carbocycles. The maximum atomic E-state index is 14.8. The van der Waals surface area contributed by atoms with Gasteiger partial charge in [-0.15, -0.1) is 0 Å². The fourth-order valence-electron chi connectivity index (χ4n) is 3.53. The predicted octanol–water partition coefficient (Wildman–Crippen LogP) is 2.41. The molecule has 1 atom stereocenters. The van der Waals surface area contributed by atoms with E-state index < -0.39 is 16.8 Å². The number of amides is 1. The summed E-state index contributed by atoms with van der Waals surface area (Å²) in [5, 5.41) is 11.8. The van der Waals surface area contributed by atoms with Crippen LogP contribution in [0.25, 0.3) is 0 Å². The number of piperazine rings is 1. The molecule has 154 valence electrons. The van der Waals surface area contributed by atoms with Crippen LogP contribution < -0.4 is 20.4 Å². The minimum atomic E-state index is -0.522. The summed E-state index contributed by atoms with van der Waals surface area (Å²) in [6.07, 6.45) is -0.905. The van der Waals surface area contributed by atoms with Crippen molar-refractivity contribution < 1.29 is 18.8 Å². The number of thiophene rings is 1. The summed E-state index contributed by atoms with van der Waals surface area (Å²) in [6.45, 7) is 2.97. The Kier molecular flexibility index (Phi) is 5.24. The molecule has 1 amide bonds. The second-order valence-corrected chi connectivity index (χ2v) is 7.87. The van der Waals surface area contributed by atoms with Crippen molar-refractivity contribution in [1.29, 1.82) is 0 Å². The van der Waals surface area contributed by atoms with Gasteiger partial charge in [0.05, 0.1) is 27.8 Å². The van der Waals surface area contributed by atoms with Gasteiger partial charge in [0.1, 0.15) is 11.9 Å². The molecule has 4 rings (SSSR count). The number of nitrogens with two attached hydrogens (primary N) is 1. The largest absolute Gasteiger partial charge is 0.443 e. The average Bonchev–Trinajstić information content (AvgIpc) is 3.35. The molecule has 0 aliphatic carbocycles. The quantitative estimate of drug-likeness (QED) is 0.584. The van der Waals surface area contributed by atoms with Crippen LogP contribution in [0.5, 0.6) is 0 Å². The lowest BCUT2D eigenvalue weighted by atomic mass is 10.2. The Morgan fingerprint density at radius 1 is 1.21 bits per heavy atom. The molecule has 0 bridgehead atoms. The Bertz CT molecular complexity index is 931. The first-order valence-electron chi connectivity index (χ1n) is 9.18. The number of hydrogen-bond donors (Lipinski definition) is 1. The zero-order chi connectivity index (χ0) is 20.5. The van der Waals surface area contributed by atoms with Crippen LogP contribution in [0, 0.1) is 15.9 Å². The number of carbonyl (C=O) groups excluding carboxylic acids is 1. The predicted molar refractivity (Wildman–Crippen MR) is 108 cm³/mol. The highest BCUT2D eigenvalue weighted by Crippen LogP contribution is 2.33. The minimum Gasteiger partial charge on any atom is -0.443 e. The van der Waals surface area contributed by atoms with Gasteiger partial charge in [0.2, 0.25) is 0 Å². The smallest absolute Gasteiger partial charge is 0.414 e. The minimum absolute atomic E-state index is 0.112. The van der Waals surface area contributed by atoms with Crippen molar-refractivity contribution in [3.05, 3.63) is 46.3 Å². The van der Waals surface area contributed by atoms with E-state index >= 15 is 0 Å². The molecule has 3 heterocycles. The summed E-state index contributed by atoms with van der Waals surface area (Å²) in [4.78, 5) is 27.8. The topological polar surface area (TPSA) is 105 Å². The molecule has 2 fully saturated rings. The monoisotopic (exact) mass is 421 g/mol. The Labute approximate surface area is 170 Å². The number of hydrogen-bond acceptors (Lipinski definition) is 8. The molecule has 0 saturated carbocycles. The zero-order valence-corrected chi connectivity index (χ0v) is 16.3. The van der Waals surface area contributed by atoms with Gasteiger partial charge in [0.15, 0.2) is 0 Å². The van der Waals surface area contributed by atoms with Crippen LogP contribution >= 0.6 is 11.3 Å². The SMILES string of the molecule is NC[C@H]1CN(c2ccc(N3CCN(c4ccc([N+](=O)[O-])s4)CC3)c(F)c2)C(=O)O1. The Balaban J connectivity index is 1.42. The lowest BCUT2D eigenvalue weighted by Gasteiger charge is -2.36. The van der Waals surface area contributed by atoms with Gasteiger partial charge in [-0.25, -0.2) is 9.18 Å². The maximum absolute atomic E-state index is 14.8. The third-order valence-electron chi connectivity index (χ3n) is 5.07. The fraction of sp³-hybridized carbons (Fsp3) is 0.389. The molecule has 9 nitrogen and oxygen atoms in total. The maximum Gasteiger partial charge on any atom is 0.414 e. The molecule has 2 aromatic rings. The van der Waals surface area contributed by atoms with E-state index in [1.165, 1.54) is 17.0 Å². The van der Waals surface area contributed by atoms with Gasteiger partial charge in [0, 0.05) is 38.8 Å². The molecule has 2 N–H and O–H groups in total. The number of halogens is 1. The van der Waals surface area contributed by atoms with E-state index in [4.69, 9.17) is 10.5 Å². The van der Waals surface area contributed by atoms with Crippen LogP contribution in [0.2, 0.25) is 0 Å². The number of carbonyl (C=O) groups is 1. The fourth-order valence-corrected chi connectivity index (χ4v) is 4.40. The number of benzene rings is 1. The first-order valence-corrected chi connectivity index (χ1v) is 10.00. The highest BCUT2D eigenvalue weighted by atomic mass is 32.1. The molecule has 0 radical (unpaired) electrons. The summed E-state index contributed by atoms with van der Waals surface area (Å²) in [5.74, 6) is -0.410. The summed E-state index contributed by atoms with van der Waals surface area (Å²) in [6, 6.07) is 7.96. The van der Waals surface area contributed by atoms with Crippen LogP contribution in [-0.2, 0) is 4.74 Å². The highest BCUT2D eigenvalue weighted by molar-refractivity contribution is 7.19. The van der Waals surface area contributed by atoms with Gasteiger partial charge < -0.3 is 20.3 Å². The van der Waals surface area contributed by atoms with Crippen LogP contribution in [-0.4, -0.2) is 56.4 Å². The molecule has 2 saturated heterocycles.